The molecule has 1 heterocycles. The number of rotatable bonds is 6. The average molecular weight is 252 g/mol. The molecule has 2 unspecified atom stereocenters. The highest BCUT2D eigenvalue weighted by molar-refractivity contribution is 7.09. The van der Waals surface area contributed by atoms with Crippen LogP contribution in [0, 0.1) is 5.92 Å². The van der Waals surface area contributed by atoms with Crippen LogP contribution in [0.5, 0.6) is 0 Å². The van der Waals surface area contributed by atoms with E-state index >= 15 is 0 Å². The molecular weight excluding hydrogens is 228 g/mol. The second kappa shape index (κ2) is 6.53. The Morgan fingerprint density at radius 3 is 3.00 bits per heavy atom. The fourth-order valence-electron chi connectivity index (χ4n) is 2.90. The van der Waals surface area contributed by atoms with Crippen LogP contribution in [0.15, 0.2) is 17.5 Å². The van der Waals surface area contributed by atoms with Gasteiger partial charge in [-0.05, 0) is 43.8 Å². The van der Waals surface area contributed by atoms with Gasteiger partial charge in [0.05, 0.1) is 0 Å². The van der Waals surface area contributed by atoms with E-state index in [1.807, 2.05) is 11.3 Å². The van der Waals surface area contributed by atoms with E-state index in [2.05, 4.69) is 41.7 Å². The first-order valence-corrected chi connectivity index (χ1v) is 7.63. The van der Waals surface area contributed by atoms with Crippen LogP contribution in [-0.4, -0.2) is 31.1 Å². The van der Waals surface area contributed by atoms with Crippen molar-refractivity contribution in [2.45, 2.75) is 38.8 Å². The fourth-order valence-corrected chi connectivity index (χ4v) is 3.64. The lowest BCUT2D eigenvalue weighted by Crippen LogP contribution is -2.37. The minimum atomic E-state index is 0.743. The smallest absolute Gasteiger partial charge is 0.0327 e. The number of thiophene rings is 1. The van der Waals surface area contributed by atoms with E-state index in [4.69, 9.17) is 0 Å². The van der Waals surface area contributed by atoms with Gasteiger partial charge >= 0.3 is 0 Å². The summed E-state index contributed by atoms with van der Waals surface area (Å²) in [6.45, 7) is 5.81. The van der Waals surface area contributed by atoms with Gasteiger partial charge in [-0.25, -0.2) is 0 Å². The van der Waals surface area contributed by atoms with E-state index in [-0.39, 0.29) is 0 Å². The molecule has 0 amide bonds. The Hall–Kier alpha value is -0.380. The summed E-state index contributed by atoms with van der Waals surface area (Å²) in [5.41, 5.74) is 0. The molecule has 2 atom stereocenters. The third-order valence-corrected chi connectivity index (χ3v) is 4.79. The molecule has 2 nitrogen and oxygen atoms in total. The van der Waals surface area contributed by atoms with Crippen molar-refractivity contribution in [2.75, 3.05) is 20.1 Å². The van der Waals surface area contributed by atoms with E-state index in [1.54, 1.807) is 0 Å². The van der Waals surface area contributed by atoms with Crippen LogP contribution < -0.4 is 5.32 Å². The summed E-state index contributed by atoms with van der Waals surface area (Å²) >= 11 is 1.87. The van der Waals surface area contributed by atoms with Crippen LogP contribution in [0.3, 0.4) is 0 Å². The molecule has 0 aliphatic heterocycles. The average Bonchev–Trinajstić information content (AvgIpc) is 2.99. The summed E-state index contributed by atoms with van der Waals surface area (Å²) in [4.78, 5) is 4.08. The Morgan fingerprint density at radius 2 is 2.35 bits per heavy atom. The lowest BCUT2D eigenvalue weighted by atomic mass is 10.0. The normalized spacial score (nSPS) is 24.6. The van der Waals surface area contributed by atoms with Gasteiger partial charge in [-0.2, -0.15) is 0 Å². The van der Waals surface area contributed by atoms with Crippen molar-refractivity contribution < 1.29 is 0 Å². The number of hydrogen-bond donors (Lipinski definition) is 1. The van der Waals surface area contributed by atoms with Crippen molar-refractivity contribution in [3.63, 3.8) is 0 Å². The summed E-state index contributed by atoms with van der Waals surface area (Å²) < 4.78 is 0. The quantitative estimate of drug-likeness (QED) is 0.837. The zero-order chi connectivity index (χ0) is 12.1. The lowest BCUT2D eigenvalue weighted by molar-refractivity contribution is 0.219. The molecule has 0 radical (unpaired) electrons. The van der Waals surface area contributed by atoms with E-state index in [9.17, 15) is 0 Å². The molecule has 0 bridgehead atoms. The minimum Gasteiger partial charge on any atom is -0.317 e. The number of hydrogen-bond acceptors (Lipinski definition) is 3. The first-order chi connectivity index (χ1) is 8.33. The monoisotopic (exact) mass is 252 g/mol. The standard InChI is InChI=1S/C14H24N2S/c1-3-16(11-13-7-5-9-17-13)10-12-6-4-8-14(12)15-2/h5,7,9,12,14-15H,3-4,6,8,10-11H2,1-2H3. The van der Waals surface area contributed by atoms with Crippen molar-refractivity contribution in [1.29, 1.82) is 0 Å². The highest BCUT2D eigenvalue weighted by Crippen LogP contribution is 2.26. The molecule has 0 spiro atoms. The Balaban J connectivity index is 1.86. The molecule has 17 heavy (non-hydrogen) atoms. The van der Waals surface area contributed by atoms with Gasteiger partial charge in [0.2, 0.25) is 0 Å². The van der Waals surface area contributed by atoms with Gasteiger partial charge in [0.15, 0.2) is 0 Å². The Kier molecular flexibility index (Phi) is 5.01. The molecule has 1 aromatic heterocycles. The second-order valence-electron chi connectivity index (χ2n) is 4.99. The van der Waals surface area contributed by atoms with Gasteiger partial charge in [0.1, 0.15) is 0 Å². The van der Waals surface area contributed by atoms with Crippen LogP contribution in [0.2, 0.25) is 0 Å². The summed E-state index contributed by atoms with van der Waals surface area (Å²) in [6.07, 6.45) is 4.15. The zero-order valence-electron chi connectivity index (χ0n) is 11.0. The second-order valence-corrected chi connectivity index (χ2v) is 6.03. The SMILES string of the molecule is CCN(Cc1cccs1)CC1CCCC1NC. The number of nitrogens with one attached hydrogen (secondary N) is 1. The van der Waals surface area contributed by atoms with Gasteiger partial charge in [0, 0.05) is 24.0 Å². The molecular formula is C14H24N2S. The Bertz CT molecular complexity index is 310. The van der Waals surface area contributed by atoms with Crippen molar-refractivity contribution in [3.05, 3.63) is 22.4 Å². The highest BCUT2D eigenvalue weighted by Gasteiger charge is 2.27. The summed E-state index contributed by atoms with van der Waals surface area (Å²) in [5.74, 6) is 0.847. The maximum atomic E-state index is 3.48. The molecule has 96 valence electrons. The summed E-state index contributed by atoms with van der Waals surface area (Å²) in [7, 11) is 2.11. The van der Waals surface area contributed by atoms with Crippen LogP contribution in [0.4, 0.5) is 0 Å². The fraction of sp³-hybridized carbons (Fsp3) is 0.714. The third-order valence-electron chi connectivity index (χ3n) is 3.93. The molecule has 0 aromatic carbocycles. The van der Waals surface area contributed by atoms with E-state index in [0.717, 1.165) is 25.0 Å². The molecule has 1 saturated carbocycles. The van der Waals surface area contributed by atoms with Crippen molar-refractivity contribution >= 4 is 11.3 Å². The van der Waals surface area contributed by atoms with Gasteiger partial charge in [0.25, 0.3) is 0 Å². The third kappa shape index (κ3) is 3.54. The predicted octanol–water partition coefficient (Wildman–Crippen LogP) is 2.96. The van der Waals surface area contributed by atoms with Gasteiger partial charge < -0.3 is 5.32 Å². The van der Waals surface area contributed by atoms with E-state index in [1.165, 1.54) is 30.7 Å². The maximum Gasteiger partial charge on any atom is 0.0327 e. The molecule has 2 rings (SSSR count). The molecule has 0 saturated heterocycles. The van der Waals surface area contributed by atoms with Gasteiger partial charge in [-0.15, -0.1) is 11.3 Å². The minimum absolute atomic E-state index is 0.743. The lowest BCUT2D eigenvalue weighted by Gasteiger charge is -2.27. The first kappa shape index (κ1) is 13.1. The molecule has 1 fully saturated rings. The van der Waals surface area contributed by atoms with Crippen LogP contribution >= 0.6 is 11.3 Å². The predicted molar refractivity (Wildman–Crippen MR) is 75.5 cm³/mol. The highest BCUT2D eigenvalue weighted by atomic mass is 32.1. The van der Waals surface area contributed by atoms with Crippen molar-refractivity contribution in [3.8, 4) is 0 Å². The van der Waals surface area contributed by atoms with E-state index in [0.29, 0.717) is 0 Å². The zero-order valence-corrected chi connectivity index (χ0v) is 11.8. The number of nitrogens with zero attached hydrogens (tertiary/aromatic N) is 1. The first-order valence-electron chi connectivity index (χ1n) is 6.75. The van der Waals surface area contributed by atoms with E-state index < -0.39 is 0 Å². The van der Waals surface area contributed by atoms with Crippen molar-refractivity contribution in [1.82, 2.24) is 10.2 Å². The van der Waals surface area contributed by atoms with Crippen LogP contribution in [0.1, 0.15) is 31.1 Å². The van der Waals surface area contributed by atoms with Gasteiger partial charge in [-0.1, -0.05) is 19.4 Å². The molecule has 1 aliphatic rings. The Morgan fingerprint density at radius 1 is 1.47 bits per heavy atom. The molecule has 1 N–H and O–H groups in total. The molecule has 1 aliphatic carbocycles. The van der Waals surface area contributed by atoms with Crippen LogP contribution in [-0.2, 0) is 6.54 Å². The molecule has 1 aromatic rings. The van der Waals surface area contributed by atoms with Crippen LogP contribution in [0.25, 0.3) is 0 Å². The Labute approximate surface area is 109 Å². The van der Waals surface area contributed by atoms with Crippen molar-refractivity contribution in [2.24, 2.45) is 5.92 Å². The summed E-state index contributed by atoms with van der Waals surface area (Å²) in [5, 5.41) is 5.65. The summed E-state index contributed by atoms with van der Waals surface area (Å²) in [6, 6.07) is 5.14. The largest absolute Gasteiger partial charge is 0.317 e. The topological polar surface area (TPSA) is 15.3 Å². The molecule has 3 heteroatoms. The van der Waals surface area contributed by atoms with Gasteiger partial charge in [-0.3, -0.25) is 4.90 Å². The maximum absolute atomic E-state index is 3.48.